The van der Waals surface area contributed by atoms with Gasteiger partial charge in [0.25, 0.3) is 0 Å². The highest BCUT2D eigenvalue weighted by Crippen LogP contribution is 2.29. The minimum Gasteiger partial charge on any atom is -0.307 e. The fourth-order valence-corrected chi connectivity index (χ4v) is 3.27. The maximum Gasteiger partial charge on any atom is 0.0295 e. The van der Waals surface area contributed by atoms with Crippen molar-refractivity contribution in [1.29, 1.82) is 0 Å². The number of nitrogens with one attached hydrogen (secondary N) is 1. The number of aromatic nitrogens is 1. The summed E-state index contributed by atoms with van der Waals surface area (Å²) >= 11 is 0. The first-order chi connectivity index (χ1) is 9.16. The molecule has 2 nitrogen and oxygen atoms in total. The molecule has 1 saturated carbocycles. The standard InChI is InChI=1S/C17H28N2/c1-13(2)15-5-4-6-17(8-7-15)19-14(3)16-9-11-18-12-10-16/h9-15,17,19H,4-8H2,1-3H3/t14-,15?,17?/m1/s1. The van der Waals surface area contributed by atoms with Crippen molar-refractivity contribution in [1.82, 2.24) is 10.3 Å². The molecule has 0 radical (unpaired) electrons. The summed E-state index contributed by atoms with van der Waals surface area (Å²) in [5.74, 6) is 1.78. The van der Waals surface area contributed by atoms with Crippen LogP contribution in [0, 0.1) is 11.8 Å². The first-order valence-electron chi connectivity index (χ1n) is 7.82. The fourth-order valence-electron chi connectivity index (χ4n) is 3.27. The monoisotopic (exact) mass is 260 g/mol. The van der Waals surface area contributed by atoms with Crippen LogP contribution in [-0.4, -0.2) is 11.0 Å². The molecule has 1 aromatic heterocycles. The third kappa shape index (κ3) is 4.31. The van der Waals surface area contributed by atoms with Gasteiger partial charge in [-0.05, 0) is 55.7 Å². The van der Waals surface area contributed by atoms with Crippen molar-refractivity contribution < 1.29 is 0 Å². The highest BCUT2D eigenvalue weighted by atomic mass is 14.9. The molecule has 0 saturated heterocycles. The molecule has 1 N–H and O–H groups in total. The van der Waals surface area contributed by atoms with Crippen LogP contribution in [0.15, 0.2) is 24.5 Å². The average Bonchev–Trinajstić information content (AvgIpc) is 2.65. The van der Waals surface area contributed by atoms with Crippen molar-refractivity contribution in [2.24, 2.45) is 11.8 Å². The van der Waals surface area contributed by atoms with Gasteiger partial charge in [0.1, 0.15) is 0 Å². The Hall–Kier alpha value is -0.890. The van der Waals surface area contributed by atoms with Crippen molar-refractivity contribution >= 4 is 0 Å². The van der Waals surface area contributed by atoms with Crippen LogP contribution in [0.3, 0.4) is 0 Å². The predicted octanol–water partition coefficient (Wildman–Crippen LogP) is 4.34. The zero-order valence-corrected chi connectivity index (χ0v) is 12.6. The van der Waals surface area contributed by atoms with Gasteiger partial charge < -0.3 is 5.32 Å². The SMILES string of the molecule is CC(C)C1CCCC(N[C@H](C)c2ccncc2)CC1. The maximum atomic E-state index is 4.09. The molecule has 1 heterocycles. The minimum absolute atomic E-state index is 0.434. The zero-order valence-electron chi connectivity index (χ0n) is 12.6. The third-order valence-corrected chi connectivity index (χ3v) is 4.65. The van der Waals surface area contributed by atoms with Gasteiger partial charge >= 0.3 is 0 Å². The highest BCUT2D eigenvalue weighted by Gasteiger charge is 2.22. The number of rotatable bonds is 4. The molecule has 0 aromatic carbocycles. The van der Waals surface area contributed by atoms with Crippen LogP contribution in [0.4, 0.5) is 0 Å². The van der Waals surface area contributed by atoms with Crippen molar-refractivity contribution in [3.63, 3.8) is 0 Å². The van der Waals surface area contributed by atoms with Crippen LogP contribution in [-0.2, 0) is 0 Å². The first-order valence-corrected chi connectivity index (χ1v) is 7.82. The summed E-state index contributed by atoms with van der Waals surface area (Å²) in [5, 5.41) is 3.81. The molecule has 0 spiro atoms. The van der Waals surface area contributed by atoms with Gasteiger partial charge in [-0.1, -0.05) is 26.7 Å². The summed E-state index contributed by atoms with van der Waals surface area (Å²) in [5.41, 5.74) is 1.35. The van der Waals surface area contributed by atoms with Crippen molar-refractivity contribution in [2.45, 2.75) is 65.0 Å². The lowest BCUT2D eigenvalue weighted by Gasteiger charge is -2.23. The van der Waals surface area contributed by atoms with Crippen LogP contribution in [0.1, 0.15) is 64.5 Å². The Kier molecular flexibility index (Phi) is 5.38. The zero-order chi connectivity index (χ0) is 13.7. The van der Waals surface area contributed by atoms with Crippen LogP contribution < -0.4 is 5.32 Å². The molecular weight excluding hydrogens is 232 g/mol. The maximum absolute atomic E-state index is 4.09. The predicted molar refractivity (Wildman–Crippen MR) is 81.0 cm³/mol. The summed E-state index contributed by atoms with van der Waals surface area (Å²) in [4.78, 5) is 4.09. The molecule has 3 atom stereocenters. The summed E-state index contributed by atoms with van der Waals surface area (Å²) in [6, 6.07) is 5.35. The largest absolute Gasteiger partial charge is 0.307 e. The quantitative estimate of drug-likeness (QED) is 0.815. The molecule has 1 fully saturated rings. The van der Waals surface area contributed by atoms with Gasteiger partial charge in [0.05, 0.1) is 0 Å². The summed E-state index contributed by atoms with van der Waals surface area (Å²) in [6.45, 7) is 7.01. The van der Waals surface area contributed by atoms with E-state index in [-0.39, 0.29) is 0 Å². The number of hydrogen-bond donors (Lipinski definition) is 1. The second-order valence-electron chi connectivity index (χ2n) is 6.38. The first kappa shape index (κ1) is 14.5. The Bertz CT molecular complexity index is 361. The van der Waals surface area contributed by atoms with Gasteiger partial charge in [-0.3, -0.25) is 4.98 Å². The minimum atomic E-state index is 0.434. The third-order valence-electron chi connectivity index (χ3n) is 4.65. The van der Waals surface area contributed by atoms with E-state index < -0.39 is 0 Å². The van der Waals surface area contributed by atoms with Crippen LogP contribution >= 0.6 is 0 Å². The Morgan fingerprint density at radius 2 is 1.79 bits per heavy atom. The van der Waals surface area contributed by atoms with Gasteiger partial charge in [0, 0.05) is 24.5 Å². The molecule has 106 valence electrons. The topological polar surface area (TPSA) is 24.9 Å². The van der Waals surface area contributed by atoms with E-state index in [1.165, 1.54) is 37.7 Å². The number of hydrogen-bond acceptors (Lipinski definition) is 2. The Labute approximate surface area is 118 Å². The lowest BCUT2D eigenvalue weighted by atomic mass is 9.89. The van der Waals surface area contributed by atoms with Gasteiger partial charge in [0.15, 0.2) is 0 Å². The van der Waals surface area contributed by atoms with Gasteiger partial charge in [0.2, 0.25) is 0 Å². The van der Waals surface area contributed by atoms with Gasteiger partial charge in [-0.25, -0.2) is 0 Å². The van der Waals surface area contributed by atoms with E-state index in [1.54, 1.807) is 0 Å². The summed E-state index contributed by atoms with van der Waals surface area (Å²) < 4.78 is 0. The van der Waals surface area contributed by atoms with Gasteiger partial charge in [-0.2, -0.15) is 0 Å². The van der Waals surface area contributed by atoms with E-state index >= 15 is 0 Å². The molecule has 0 aliphatic heterocycles. The molecule has 19 heavy (non-hydrogen) atoms. The van der Waals surface area contributed by atoms with E-state index in [1.807, 2.05) is 12.4 Å². The van der Waals surface area contributed by atoms with Crippen molar-refractivity contribution in [2.75, 3.05) is 0 Å². The number of pyridine rings is 1. The van der Waals surface area contributed by atoms with Crippen molar-refractivity contribution in [3.05, 3.63) is 30.1 Å². The fraction of sp³-hybridized carbons (Fsp3) is 0.706. The Morgan fingerprint density at radius 3 is 2.47 bits per heavy atom. The summed E-state index contributed by atoms with van der Waals surface area (Å²) in [6.07, 6.45) is 10.6. The normalized spacial score (nSPS) is 26.1. The highest BCUT2D eigenvalue weighted by molar-refractivity contribution is 5.14. The second kappa shape index (κ2) is 7.04. The van der Waals surface area contributed by atoms with Crippen LogP contribution in [0.5, 0.6) is 0 Å². The second-order valence-corrected chi connectivity index (χ2v) is 6.38. The lowest BCUT2D eigenvalue weighted by molar-refractivity contribution is 0.335. The van der Waals surface area contributed by atoms with Crippen LogP contribution in [0.25, 0.3) is 0 Å². The molecule has 0 amide bonds. The molecule has 1 aliphatic rings. The van der Waals surface area contributed by atoms with Crippen molar-refractivity contribution in [3.8, 4) is 0 Å². The van der Waals surface area contributed by atoms with E-state index in [4.69, 9.17) is 0 Å². The number of nitrogens with zero attached hydrogens (tertiary/aromatic N) is 1. The molecule has 2 rings (SSSR count). The van der Waals surface area contributed by atoms with E-state index in [2.05, 4.69) is 43.2 Å². The summed E-state index contributed by atoms with van der Waals surface area (Å²) in [7, 11) is 0. The average molecular weight is 260 g/mol. The van der Waals surface area contributed by atoms with Crippen LogP contribution in [0.2, 0.25) is 0 Å². The molecule has 1 aliphatic carbocycles. The van der Waals surface area contributed by atoms with E-state index in [0.29, 0.717) is 12.1 Å². The van der Waals surface area contributed by atoms with E-state index in [9.17, 15) is 0 Å². The Balaban J connectivity index is 1.86. The molecular formula is C17H28N2. The Morgan fingerprint density at radius 1 is 1.05 bits per heavy atom. The van der Waals surface area contributed by atoms with E-state index in [0.717, 1.165) is 11.8 Å². The molecule has 0 bridgehead atoms. The lowest BCUT2D eigenvalue weighted by Crippen LogP contribution is -2.31. The molecule has 2 heteroatoms. The smallest absolute Gasteiger partial charge is 0.0295 e. The van der Waals surface area contributed by atoms with Gasteiger partial charge in [-0.15, -0.1) is 0 Å². The molecule has 2 unspecified atom stereocenters. The molecule has 1 aromatic rings.